The molecule has 0 aliphatic heterocycles. The molecule has 0 radical (unpaired) electrons. The Morgan fingerprint density at radius 2 is 2.10 bits per heavy atom. The summed E-state index contributed by atoms with van der Waals surface area (Å²) in [6.45, 7) is 4.18. The minimum absolute atomic E-state index is 0.0896. The van der Waals surface area contributed by atoms with Crippen LogP contribution in [0.3, 0.4) is 0 Å². The molecule has 1 heterocycles. The Morgan fingerprint density at radius 1 is 1.29 bits per heavy atom. The molecule has 0 spiro atoms. The van der Waals surface area contributed by atoms with Gasteiger partial charge in [-0.2, -0.15) is 0 Å². The van der Waals surface area contributed by atoms with E-state index in [1.165, 1.54) is 12.3 Å². The lowest BCUT2D eigenvalue weighted by Gasteiger charge is -2.22. The first kappa shape index (κ1) is 15.4. The molecule has 0 fully saturated rings. The van der Waals surface area contributed by atoms with Gasteiger partial charge in [-0.15, -0.1) is 0 Å². The number of aromatic nitrogens is 1. The van der Waals surface area contributed by atoms with Crippen molar-refractivity contribution < 1.29 is 9.13 Å². The highest BCUT2D eigenvalue weighted by Crippen LogP contribution is 2.23. The van der Waals surface area contributed by atoms with Crippen LogP contribution in [0.15, 0.2) is 42.6 Å². The number of halogens is 1. The van der Waals surface area contributed by atoms with Crippen molar-refractivity contribution in [3.8, 4) is 5.75 Å². The molecular weight excluding hydrogens is 267 g/mol. The maximum absolute atomic E-state index is 13.0. The van der Waals surface area contributed by atoms with Crippen LogP contribution in [0, 0.1) is 5.82 Å². The third-order valence-electron chi connectivity index (χ3n) is 3.56. The van der Waals surface area contributed by atoms with Crippen LogP contribution in [0.2, 0.25) is 0 Å². The molecule has 0 bridgehead atoms. The van der Waals surface area contributed by atoms with Gasteiger partial charge in [-0.25, -0.2) is 4.39 Å². The first-order valence-corrected chi connectivity index (χ1v) is 7.15. The van der Waals surface area contributed by atoms with Crippen LogP contribution < -0.4 is 10.1 Å². The number of methoxy groups -OCH3 is 1. The zero-order chi connectivity index (χ0) is 15.2. The molecule has 21 heavy (non-hydrogen) atoms. The van der Waals surface area contributed by atoms with Crippen LogP contribution in [-0.4, -0.2) is 12.1 Å². The standard InChI is InChI=1S/C17H21FN2O/c1-4-16(17-9-8-14(18)11-19-17)20-12(2)13-6-5-7-15(10-13)21-3/h5-12,16,20H,4H2,1-3H3/t12-,16?/m0/s1. The number of benzene rings is 1. The molecule has 3 nitrogen and oxygen atoms in total. The fraction of sp³-hybridized carbons (Fsp3) is 0.353. The van der Waals surface area contributed by atoms with Gasteiger partial charge in [0.2, 0.25) is 0 Å². The number of nitrogens with zero attached hydrogens (tertiary/aromatic N) is 1. The Hall–Kier alpha value is -1.94. The Labute approximate surface area is 125 Å². The summed E-state index contributed by atoms with van der Waals surface area (Å²) >= 11 is 0. The average molecular weight is 288 g/mol. The van der Waals surface area contributed by atoms with Crippen molar-refractivity contribution in [1.82, 2.24) is 10.3 Å². The van der Waals surface area contributed by atoms with Crippen molar-refractivity contribution in [1.29, 1.82) is 0 Å². The van der Waals surface area contributed by atoms with Crippen LogP contribution in [0.5, 0.6) is 5.75 Å². The van der Waals surface area contributed by atoms with E-state index in [0.717, 1.165) is 23.4 Å². The summed E-state index contributed by atoms with van der Waals surface area (Å²) in [4.78, 5) is 4.17. The highest BCUT2D eigenvalue weighted by atomic mass is 19.1. The van der Waals surface area contributed by atoms with E-state index in [1.807, 2.05) is 18.2 Å². The van der Waals surface area contributed by atoms with E-state index in [0.29, 0.717) is 0 Å². The third kappa shape index (κ3) is 4.02. The molecule has 0 aliphatic rings. The summed E-state index contributed by atoms with van der Waals surface area (Å²) in [5, 5.41) is 3.53. The Bertz CT molecular complexity index is 571. The van der Waals surface area contributed by atoms with E-state index in [4.69, 9.17) is 4.74 Å². The smallest absolute Gasteiger partial charge is 0.141 e. The predicted octanol–water partition coefficient (Wildman–Crippen LogP) is 4.03. The van der Waals surface area contributed by atoms with Crippen molar-refractivity contribution in [2.24, 2.45) is 0 Å². The van der Waals surface area contributed by atoms with Crippen LogP contribution >= 0.6 is 0 Å². The maximum atomic E-state index is 13.0. The monoisotopic (exact) mass is 288 g/mol. The van der Waals surface area contributed by atoms with Gasteiger partial charge in [0.25, 0.3) is 0 Å². The number of rotatable bonds is 6. The summed E-state index contributed by atoms with van der Waals surface area (Å²) in [6, 6.07) is 11.4. The third-order valence-corrected chi connectivity index (χ3v) is 3.56. The van der Waals surface area contributed by atoms with Gasteiger partial charge in [-0.05, 0) is 43.2 Å². The number of hydrogen-bond donors (Lipinski definition) is 1. The first-order valence-electron chi connectivity index (χ1n) is 7.15. The molecule has 2 aromatic rings. The maximum Gasteiger partial charge on any atom is 0.141 e. The first-order chi connectivity index (χ1) is 10.1. The lowest BCUT2D eigenvalue weighted by atomic mass is 10.0. The summed E-state index contributed by atoms with van der Waals surface area (Å²) in [5.74, 6) is 0.531. The fourth-order valence-corrected chi connectivity index (χ4v) is 2.31. The summed E-state index contributed by atoms with van der Waals surface area (Å²) in [7, 11) is 1.66. The molecule has 0 saturated heterocycles. The van der Waals surface area contributed by atoms with Crippen molar-refractivity contribution in [2.75, 3.05) is 7.11 Å². The van der Waals surface area contributed by atoms with Gasteiger partial charge < -0.3 is 10.1 Å². The second-order valence-electron chi connectivity index (χ2n) is 5.03. The van der Waals surface area contributed by atoms with Gasteiger partial charge in [-0.1, -0.05) is 19.1 Å². The number of hydrogen-bond acceptors (Lipinski definition) is 3. The van der Waals surface area contributed by atoms with Gasteiger partial charge in [0, 0.05) is 12.1 Å². The Balaban J connectivity index is 2.11. The van der Waals surface area contributed by atoms with E-state index in [9.17, 15) is 4.39 Å². The van der Waals surface area contributed by atoms with Crippen molar-refractivity contribution in [3.05, 3.63) is 59.7 Å². The quantitative estimate of drug-likeness (QED) is 0.871. The minimum Gasteiger partial charge on any atom is -0.497 e. The second-order valence-corrected chi connectivity index (χ2v) is 5.03. The number of nitrogens with one attached hydrogen (secondary N) is 1. The molecule has 4 heteroatoms. The molecule has 2 atom stereocenters. The average Bonchev–Trinajstić information content (AvgIpc) is 2.53. The normalized spacial score (nSPS) is 13.7. The van der Waals surface area contributed by atoms with Gasteiger partial charge in [-0.3, -0.25) is 4.98 Å². The largest absolute Gasteiger partial charge is 0.497 e. The van der Waals surface area contributed by atoms with Gasteiger partial charge in [0.15, 0.2) is 0 Å². The molecule has 1 aromatic carbocycles. The van der Waals surface area contributed by atoms with E-state index >= 15 is 0 Å². The van der Waals surface area contributed by atoms with Crippen LogP contribution in [0.1, 0.15) is 43.6 Å². The predicted molar refractivity (Wildman–Crippen MR) is 81.8 cm³/mol. The molecule has 0 amide bonds. The molecule has 112 valence electrons. The van der Waals surface area contributed by atoms with E-state index < -0.39 is 0 Å². The van der Waals surface area contributed by atoms with Crippen molar-refractivity contribution in [3.63, 3.8) is 0 Å². The topological polar surface area (TPSA) is 34.1 Å². The second kappa shape index (κ2) is 7.18. The van der Waals surface area contributed by atoms with Gasteiger partial charge >= 0.3 is 0 Å². The Morgan fingerprint density at radius 3 is 2.71 bits per heavy atom. The van der Waals surface area contributed by atoms with Crippen molar-refractivity contribution in [2.45, 2.75) is 32.4 Å². The van der Waals surface area contributed by atoms with E-state index in [1.54, 1.807) is 13.2 Å². The number of ether oxygens (including phenoxy) is 1. The lowest BCUT2D eigenvalue weighted by Crippen LogP contribution is -2.25. The zero-order valence-corrected chi connectivity index (χ0v) is 12.6. The minimum atomic E-state index is -0.311. The molecule has 1 unspecified atom stereocenters. The summed E-state index contributed by atoms with van der Waals surface area (Å²) < 4.78 is 18.2. The molecular formula is C17H21FN2O. The Kier molecular flexibility index (Phi) is 5.28. The lowest BCUT2D eigenvalue weighted by molar-refractivity contribution is 0.410. The van der Waals surface area contributed by atoms with Crippen LogP contribution in [0.4, 0.5) is 4.39 Å². The van der Waals surface area contributed by atoms with Crippen molar-refractivity contribution >= 4 is 0 Å². The highest BCUT2D eigenvalue weighted by molar-refractivity contribution is 5.30. The number of pyridine rings is 1. The molecule has 1 aromatic heterocycles. The van der Waals surface area contributed by atoms with Gasteiger partial charge in [0.1, 0.15) is 11.6 Å². The molecule has 0 aliphatic carbocycles. The van der Waals surface area contributed by atoms with E-state index in [-0.39, 0.29) is 17.9 Å². The molecule has 2 rings (SSSR count). The fourth-order valence-electron chi connectivity index (χ4n) is 2.31. The highest BCUT2D eigenvalue weighted by Gasteiger charge is 2.15. The summed E-state index contributed by atoms with van der Waals surface area (Å²) in [6.07, 6.45) is 2.14. The zero-order valence-electron chi connectivity index (χ0n) is 12.6. The summed E-state index contributed by atoms with van der Waals surface area (Å²) in [5.41, 5.74) is 2.00. The van der Waals surface area contributed by atoms with Crippen LogP contribution in [0.25, 0.3) is 0 Å². The van der Waals surface area contributed by atoms with E-state index in [2.05, 4.69) is 30.2 Å². The molecule has 1 N–H and O–H groups in total. The van der Waals surface area contributed by atoms with Gasteiger partial charge in [0.05, 0.1) is 19.0 Å². The SMILES string of the molecule is CCC(N[C@@H](C)c1cccc(OC)c1)c1ccc(F)cn1. The van der Waals surface area contributed by atoms with Crippen LogP contribution in [-0.2, 0) is 0 Å². The molecule has 0 saturated carbocycles.